The topological polar surface area (TPSA) is 37.4 Å². The van der Waals surface area contributed by atoms with Crippen LogP contribution in [0.1, 0.15) is 12.0 Å². The van der Waals surface area contributed by atoms with E-state index in [0.29, 0.717) is 18.8 Å². The molecule has 0 bridgehead atoms. The van der Waals surface area contributed by atoms with Gasteiger partial charge in [-0.2, -0.15) is 0 Å². The fourth-order valence-corrected chi connectivity index (χ4v) is 2.73. The molecule has 3 rings (SSSR count). The van der Waals surface area contributed by atoms with E-state index >= 15 is 0 Å². The van der Waals surface area contributed by atoms with Crippen LogP contribution in [0.25, 0.3) is 0 Å². The number of nitrogens with zero attached hydrogens (tertiary/aromatic N) is 2. The molecule has 17 heavy (non-hydrogen) atoms. The van der Waals surface area contributed by atoms with Gasteiger partial charge in [0, 0.05) is 44.6 Å². The van der Waals surface area contributed by atoms with E-state index in [1.165, 1.54) is 0 Å². The van der Waals surface area contributed by atoms with Crippen molar-refractivity contribution in [1.82, 2.24) is 15.2 Å². The maximum absolute atomic E-state index is 5.97. The predicted molar refractivity (Wildman–Crippen MR) is 65.7 cm³/mol. The molecule has 2 aliphatic rings. The Labute approximate surface area is 102 Å². The molecular weight excluding hydrogens is 214 g/mol. The van der Waals surface area contributed by atoms with Crippen LogP contribution in [0.15, 0.2) is 24.5 Å². The van der Waals surface area contributed by atoms with E-state index in [-0.39, 0.29) is 0 Å². The second-order valence-electron chi connectivity index (χ2n) is 4.88. The first-order valence-electron chi connectivity index (χ1n) is 6.37. The molecule has 92 valence electrons. The van der Waals surface area contributed by atoms with Crippen molar-refractivity contribution in [3.63, 3.8) is 0 Å². The Kier molecular flexibility index (Phi) is 3.36. The van der Waals surface area contributed by atoms with Crippen molar-refractivity contribution in [2.75, 3.05) is 26.2 Å². The van der Waals surface area contributed by atoms with Gasteiger partial charge in [-0.3, -0.25) is 9.88 Å². The summed E-state index contributed by atoms with van der Waals surface area (Å²) in [5, 5.41) is 3.44. The lowest BCUT2D eigenvalue weighted by molar-refractivity contribution is 0.0467. The molecule has 2 saturated heterocycles. The molecule has 0 spiro atoms. The monoisotopic (exact) mass is 233 g/mol. The molecule has 0 aromatic carbocycles. The van der Waals surface area contributed by atoms with Crippen LogP contribution in [0, 0.1) is 0 Å². The van der Waals surface area contributed by atoms with Gasteiger partial charge in [0.15, 0.2) is 0 Å². The highest BCUT2D eigenvalue weighted by molar-refractivity contribution is 5.07. The van der Waals surface area contributed by atoms with Gasteiger partial charge in [-0.05, 0) is 18.1 Å². The minimum absolute atomic E-state index is 0.389. The molecule has 0 amide bonds. The third-order valence-corrected chi connectivity index (χ3v) is 3.65. The van der Waals surface area contributed by atoms with E-state index in [1.807, 2.05) is 12.3 Å². The molecule has 1 aromatic rings. The first kappa shape index (κ1) is 11.1. The number of fused-ring (bicyclic) bond motifs is 1. The third kappa shape index (κ3) is 2.65. The van der Waals surface area contributed by atoms with Crippen LogP contribution in [-0.2, 0) is 11.3 Å². The van der Waals surface area contributed by atoms with Crippen molar-refractivity contribution in [2.24, 2.45) is 0 Å². The number of pyridine rings is 1. The van der Waals surface area contributed by atoms with E-state index in [1.54, 1.807) is 6.20 Å². The van der Waals surface area contributed by atoms with Crippen LogP contribution in [0.4, 0.5) is 0 Å². The van der Waals surface area contributed by atoms with E-state index < -0.39 is 0 Å². The smallest absolute Gasteiger partial charge is 0.0736 e. The Hall–Kier alpha value is -0.970. The molecule has 1 aromatic heterocycles. The summed E-state index contributed by atoms with van der Waals surface area (Å²) in [5.74, 6) is 0. The number of rotatable bonds is 3. The Balaban J connectivity index is 1.50. The number of piperazine rings is 1. The van der Waals surface area contributed by atoms with Gasteiger partial charge in [0.2, 0.25) is 0 Å². The summed E-state index contributed by atoms with van der Waals surface area (Å²) < 4.78 is 5.97. The maximum atomic E-state index is 5.97. The summed E-state index contributed by atoms with van der Waals surface area (Å²) in [6.07, 6.45) is 5.22. The van der Waals surface area contributed by atoms with Crippen molar-refractivity contribution < 1.29 is 4.74 Å². The summed E-state index contributed by atoms with van der Waals surface area (Å²) in [7, 11) is 0. The molecule has 4 heteroatoms. The summed E-state index contributed by atoms with van der Waals surface area (Å²) in [5.41, 5.74) is 1.16. The minimum atomic E-state index is 0.389. The van der Waals surface area contributed by atoms with Crippen LogP contribution in [0.3, 0.4) is 0 Å². The van der Waals surface area contributed by atoms with Crippen molar-refractivity contribution in [3.05, 3.63) is 30.1 Å². The lowest BCUT2D eigenvalue weighted by atomic mass is 10.2. The molecule has 2 fully saturated rings. The van der Waals surface area contributed by atoms with E-state index in [2.05, 4.69) is 21.3 Å². The van der Waals surface area contributed by atoms with Crippen LogP contribution in [0.5, 0.6) is 0 Å². The molecule has 2 unspecified atom stereocenters. The highest BCUT2D eigenvalue weighted by Gasteiger charge is 2.33. The van der Waals surface area contributed by atoms with Gasteiger partial charge in [-0.25, -0.2) is 0 Å². The second kappa shape index (κ2) is 5.12. The van der Waals surface area contributed by atoms with Gasteiger partial charge in [-0.1, -0.05) is 6.07 Å². The van der Waals surface area contributed by atoms with Crippen LogP contribution < -0.4 is 5.32 Å². The molecule has 0 radical (unpaired) electrons. The van der Waals surface area contributed by atoms with Crippen molar-refractivity contribution in [2.45, 2.75) is 25.2 Å². The zero-order chi connectivity index (χ0) is 11.5. The maximum Gasteiger partial charge on any atom is 0.0736 e. The van der Waals surface area contributed by atoms with Crippen molar-refractivity contribution in [1.29, 1.82) is 0 Å². The minimum Gasteiger partial charge on any atom is -0.372 e. The fraction of sp³-hybridized carbons (Fsp3) is 0.615. The van der Waals surface area contributed by atoms with Crippen LogP contribution in [0.2, 0.25) is 0 Å². The van der Waals surface area contributed by atoms with Gasteiger partial charge in [0.05, 0.1) is 12.7 Å². The summed E-state index contributed by atoms with van der Waals surface area (Å²) in [6, 6.07) is 4.71. The zero-order valence-electron chi connectivity index (χ0n) is 10.0. The third-order valence-electron chi connectivity index (χ3n) is 3.65. The summed E-state index contributed by atoms with van der Waals surface area (Å²) in [4.78, 5) is 6.65. The fourth-order valence-electron chi connectivity index (χ4n) is 2.73. The molecule has 4 nitrogen and oxygen atoms in total. The second-order valence-corrected chi connectivity index (χ2v) is 4.88. The number of aromatic nitrogens is 1. The predicted octanol–water partition coefficient (Wildman–Crippen LogP) is 0.644. The Bertz CT molecular complexity index is 343. The molecule has 3 heterocycles. The van der Waals surface area contributed by atoms with E-state index in [0.717, 1.165) is 38.2 Å². The van der Waals surface area contributed by atoms with Crippen molar-refractivity contribution in [3.8, 4) is 0 Å². The van der Waals surface area contributed by atoms with Gasteiger partial charge >= 0.3 is 0 Å². The molecule has 2 aliphatic heterocycles. The molecule has 0 aliphatic carbocycles. The number of hydrogen-bond acceptors (Lipinski definition) is 4. The van der Waals surface area contributed by atoms with Crippen molar-refractivity contribution >= 4 is 0 Å². The standard InChI is InChI=1S/C13H19N3O/c1-2-11(7-14-3-1)10-17-13-6-12-8-15-4-5-16(12)9-13/h1-3,7,12-13,15H,4-6,8-10H2. The normalized spacial score (nSPS) is 29.2. The molecule has 0 saturated carbocycles. The Morgan fingerprint density at radius 1 is 1.53 bits per heavy atom. The molecule has 1 N–H and O–H groups in total. The SMILES string of the molecule is c1cncc(COC2CC3CNCCN3C2)c1. The Morgan fingerprint density at radius 2 is 2.53 bits per heavy atom. The summed E-state index contributed by atoms with van der Waals surface area (Å²) in [6.45, 7) is 5.18. The highest BCUT2D eigenvalue weighted by Crippen LogP contribution is 2.22. The molecule has 2 atom stereocenters. The lowest BCUT2D eigenvalue weighted by Crippen LogP contribution is -2.47. The number of ether oxygens (including phenoxy) is 1. The Morgan fingerprint density at radius 3 is 3.35 bits per heavy atom. The van der Waals surface area contributed by atoms with Gasteiger partial charge in [0.25, 0.3) is 0 Å². The first-order valence-corrected chi connectivity index (χ1v) is 6.37. The van der Waals surface area contributed by atoms with E-state index in [9.17, 15) is 0 Å². The number of nitrogens with one attached hydrogen (secondary N) is 1. The quantitative estimate of drug-likeness (QED) is 0.831. The highest BCUT2D eigenvalue weighted by atomic mass is 16.5. The average molecular weight is 233 g/mol. The summed E-state index contributed by atoms with van der Waals surface area (Å²) >= 11 is 0. The lowest BCUT2D eigenvalue weighted by Gasteiger charge is -2.29. The number of hydrogen-bond donors (Lipinski definition) is 1. The first-order chi connectivity index (χ1) is 8.42. The van der Waals surface area contributed by atoms with E-state index in [4.69, 9.17) is 4.74 Å². The zero-order valence-corrected chi connectivity index (χ0v) is 10.0. The van der Waals surface area contributed by atoms with Gasteiger partial charge in [0.1, 0.15) is 0 Å². The van der Waals surface area contributed by atoms with Crippen LogP contribution in [-0.4, -0.2) is 48.2 Å². The molecular formula is C13H19N3O. The average Bonchev–Trinajstić information content (AvgIpc) is 2.80. The largest absolute Gasteiger partial charge is 0.372 e. The van der Waals surface area contributed by atoms with Gasteiger partial charge < -0.3 is 10.1 Å². The van der Waals surface area contributed by atoms with Crippen LogP contribution >= 0.6 is 0 Å². The van der Waals surface area contributed by atoms with Gasteiger partial charge in [-0.15, -0.1) is 0 Å².